The lowest BCUT2D eigenvalue weighted by Crippen LogP contribution is -2.54. The van der Waals surface area contributed by atoms with Gasteiger partial charge in [0.05, 0.1) is 30.6 Å². The van der Waals surface area contributed by atoms with Crippen molar-refractivity contribution in [2.75, 3.05) is 31.7 Å². The third kappa shape index (κ3) is 4.64. The Morgan fingerprint density at radius 1 is 1.35 bits per heavy atom. The molecule has 0 bridgehead atoms. The van der Waals surface area contributed by atoms with Crippen molar-refractivity contribution in [1.82, 2.24) is 10.2 Å². The summed E-state index contributed by atoms with van der Waals surface area (Å²) in [6.07, 6.45) is 3.19. The number of amides is 2. The number of rotatable bonds is 6. The molecule has 2 amide bonds. The third-order valence-corrected chi connectivity index (χ3v) is 5.93. The molecular weight excluding hydrogens is 360 g/mol. The predicted molar refractivity (Wildman–Crippen MR) is 92.8 cm³/mol. The van der Waals surface area contributed by atoms with Gasteiger partial charge in [-0.3, -0.25) is 9.59 Å². The minimum Gasteiger partial charge on any atom is -0.467 e. The van der Waals surface area contributed by atoms with E-state index in [4.69, 9.17) is 9.15 Å². The fraction of sp³-hybridized carbons (Fsp3) is 0.647. The summed E-state index contributed by atoms with van der Waals surface area (Å²) in [6.45, 7) is 1.57. The maximum Gasteiger partial charge on any atom is 0.225 e. The van der Waals surface area contributed by atoms with Crippen LogP contribution in [0, 0.1) is 11.8 Å². The molecule has 1 aromatic rings. The Morgan fingerprint density at radius 3 is 2.85 bits per heavy atom. The summed E-state index contributed by atoms with van der Waals surface area (Å²) < 4.78 is 33.5. The third-order valence-electron chi connectivity index (χ3n) is 4.99. The van der Waals surface area contributed by atoms with E-state index >= 15 is 0 Å². The normalized spacial score (nSPS) is 25.7. The molecule has 3 atom stereocenters. The SMILES string of the molecule is CS(=O)(=O)CCC(=O)N1C[C@H]2OCC[C@H]2[C@H](C(=O)NCc2ccco2)C1. The zero-order valence-electron chi connectivity index (χ0n) is 14.7. The minimum atomic E-state index is -3.21. The Morgan fingerprint density at radius 2 is 2.15 bits per heavy atom. The zero-order valence-corrected chi connectivity index (χ0v) is 15.5. The molecule has 0 unspecified atom stereocenters. The van der Waals surface area contributed by atoms with Crippen LogP contribution in [0.15, 0.2) is 22.8 Å². The zero-order chi connectivity index (χ0) is 18.7. The van der Waals surface area contributed by atoms with Crippen LogP contribution in [-0.2, 0) is 30.7 Å². The predicted octanol–water partition coefficient (Wildman–Crippen LogP) is 0.194. The number of ether oxygens (including phenoxy) is 1. The first-order valence-corrected chi connectivity index (χ1v) is 10.8. The Labute approximate surface area is 152 Å². The van der Waals surface area contributed by atoms with Gasteiger partial charge in [0, 0.05) is 38.3 Å². The Bertz CT molecular complexity index is 745. The Kier molecular flexibility index (Phi) is 5.67. The fourth-order valence-corrected chi connectivity index (χ4v) is 4.15. The lowest BCUT2D eigenvalue weighted by molar-refractivity contribution is -0.141. The van der Waals surface area contributed by atoms with Crippen LogP contribution in [0.2, 0.25) is 0 Å². The maximum absolute atomic E-state index is 12.7. The first-order chi connectivity index (χ1) is 12.3. The monoisotopic (exact) mass is 384 g/mol. The highest BCUT2D eigenvalue weighted by Gasteiger charge is 2.45. The minimum absolute atomic E-state index is 0.0725. The van der Waals surface area contributed by atoms with Crippen molar-refractivity contribution in [2.45, 2.75) is 25.5 Å². The largest absolute Gasteiger partial charge is 0.467 e. The average molecular weight is 384 g/mol. The van der Waals surface area contributed by atoms with Crippen molar-refractivity contribution in [3.05, 3.63) is 24.2 Å². The number of furan rings is 1. The van der Waals surface area contributed by atoms with Crippen molar-refractivity contribution in [2.24, 2.45) is 11.8 Å². The number of nitrogens with one attached hydrogen (secondary N) is 1. The number of carbonyl (C=O) groups is 2. The van der Waals surface area contributed by atoms with E-state index in [9.17, 15) is 18.0 Å². The van der Waals surface area contributed by atoms with Crippen molar-refractivity contribution in [3.63, 3.8) is 0 Å². The van der Waals surface area contributed by atoms with E-state index in [1.54, 1.807) is 23.3 Å². The van der Waals surface area contributed by atoms with E-state index in [2.05, 4.69) is 5.32 Å². The number of hydrogen-bond donors (Lipinski definition) is 1. The van der Waals surface area contributed by atoms with E-state index in [0.717, 1.165) is 12.7 Å². The van der Waals surface area contributed by atoms with Gasteiger partial charge in [0.15, 0.2) is 0 Å². The van der Waals surface area contributed by atoms with E-state index in [-0.39, 0.29) is 48.5 Å². The summed E-state index contributed by atoms with van der Waals surface area (Å²) >= 11 is 0. The summed E-state index contributed by atoms with van der Waals surface area (Å²) in [4.78, 5) is 26.6. The summed E-state index contributed by atoms with van der Waals surface area (Å²) in [5, 5.41) is 2.86. The van der Waals surface area contributed by atoms with E-state index in [1.807, 2.05) is 0 Å². The molecular formula is C17H24N2O6S. The van der Waals surface area contributed by atoms with Crippen LogP contribution >= 0.6 is 0 Å². The molecule has 26 heavy (non-hydrogen) atoms. The van der Waals surface area contributed by atoms with Gasteiger partial charge in [0.2, 0.25) is 11.8 Å². The van der Waals surface area contributed by atoms with Gasteiger partial charge < -0.3 is 19.4 Å². The van der Waals surface area contributed by atoms with Gasteiger partial charge in [-0.25, -0.2) is 8.42 Å². The lowest BCUT2D eigenvalue weighted by Gasteiger charge is -2.39. The second kappa shape index (κ2) is 7.79. The highest BCUT2D eigenvalue weighted by Crippen LogP contribution is 2.34. The number of likely N-dealkylation sites (tertiary alicyclic amines) is 1. The number of nitrogens with zero attached hydrogens (tertiary/aromatic N) is 1. The molecule has 0 aromatic carbocycles. The highest BCUT2D eigenvalue weighted by molar-refractivity contribution is 7.90. The summed E-state index contributed by atoms with van der Waals surface area (Å²) in [5.74, 6) is -0.212. The van der Waals surface area contributed by atoms with Gasteiger partial charge in [-0.2, -0.15) is 0 Å². The van der Waals surface area contributed by atoms with Crippen LogP contribution in [-0.4, -0.2) is 62.9 Å². The van der Waals surface area contributed by atoms with Crippen molar-refractivity contribution in [3.8, 4) is 0 Å². The molecule has 0 aliphatic carbocycles. The molecule has 1 aromatic heterocycles. The molecule has 8 nitrogen and oxygen atoms in total. The molecule has 144 valence electrons. The van der Waals surface area contributed by atoms with Crippen LogP contribution in [0.5, 0.6) is 0 Å². The summed E-state index contributed by atoms with van der Waals surface area (Å²) in [7, 11) is -3.21. The van der Waals surface area contributed by atoms with Crippen LogP contribution in [0.4, 0.5) is 0 Å². The maximum atomic E-state index is 12.7. The molecule has 0 spiro atoms. The molecule has 0 saturated carbocycles. The molecule has 3 rings (SSSR count). The van der Waals surface area contributed by atoms with Crippen LogP contribution < -0.4 is 5.32 Å². The van der Waals surface area contributed by atoms with Crippen molar-refractivity contribution < 1.29 is 27.2 Å². The van der Waals surface area contributed by atoms with Gasteiger partial charge >= 0.3 is 0 Å². The first kappa shape index (κ1) is 18.9. The number of sulfone groups is 1. The molecule has 2 aliphatic heterocycles. The summed E-state index contributed by atoms with van der Waals surface area (Å²) in [5.41, 5.74) is 0. The topological polar surface area (TPSA) is 106 Å². The first-order valence-electron chi connectivity index (χ1n) is 8.70. The second-order valence-electron chi connectivity index (χ2n) is 6.94. The number of hydrogen-bond acceptors (Lipinski definition) is 6. The molecule has 1 N–H and O–H groups in total. The van der Waals surface area contributed by atoms with Crippen LogP contribution in [0.1, 0.15) is 18.6 Å². The van der Waals surface area contributed by atoms with Gasteiger partial charge in [-0.1, -0.05) is 0 Å². The van der Waals surface area contributed by atoms with Crippen molar-refractivity contribution in [1.29, 1.82) is 0 Å². The van der Waals surface area contributed by atoms with Gasteiger partial charge in [0.25, 0.3) is 0 Å². The molecule has 0 radical (unpaired) electrons. The number of carbonyl (C=O) groups excluding carboxylic acids is 2. The molecule has 2 aliphatic rings. The Hall–Kier alpha value is -1.87. The fourth-order valence-electron chi connectivity index (χ4n) is 3.61. The quantitative estimate of drug-likeness (QED) is 0.751. The van der Waals surface area contributed by atoms with Gasteiger partial charge in [-0.15, -0.1) is 0 Å². The summed E-state index contributed by atoms with van der Waals surface area (Å²) in [6, 6.07) is 3.54. The second-order valence-corrected chi connectivity index (χ2v) is 9.20. The number of fused-ring (bicyclic) bond motifs is 1. The van der Waals surface area contributed by atoms with E-state index < -0.39 is 9.84 Å². The standard InChI is InChI=1S/C17H24N2O6S/c1-26(22,23)8-5-16(20)19-10-14(13-4-7-25-15(13)11-19)17(21)18-9-12-3-2-6-24-12/h2-3,6,13-15H,4-5,7-11H2,1H3,(H,18,21)/t13-,14+,15+/m0/s1. The van der Waals surface area contributed by atoms with Crippen LogP contribution in [0.3, 0.4) is 0 Å². The average Bonchev–Trinajstić information content (AvgIpc) is 3.26. The van der Waals surface area contributed by atoms with E-state index in [0.29, 0.717) is 25.5 Å². The molecule has 2 fully saturated rings. The molecule has 9 heteroatoms. The lowest BCUT2D eigenvalue weighted by atomic mass is 9.82. The smallest absolute Gasteiger partial charge is 0.225 e. The highest BCUT2D eigenvalue weighted by atomic mass is 32.2. The molecule has 2 saturated heterocycles. The van der Waals surface area contributed by atoms with E-state index in [1.165, 1.54) is 0 Å². The number of piperidine rings is 1. The van der Waals surface area contributed by atoms with Gasteiger partial charge in [0.1, 0.15) is 15.6 Å². The molecule has 3 heterocycles. The van der Waals surface area contributed by atoms with Crippen molar-refractivity contribution >= 4 is 21.7 Å². The van der Waals surface area contributed by atoms with Gasteiger partial charge in [-0.05, 0) is 18.6 Å². The Balaban J connectivity index is 1.63. The van der Waals surface area contributed by atoms with Crippen LogP contribution in [0.25, 0.3) is 0 Å².